The number of benzene rings is 2. The van der Waals surface area contributed by atoms with Crippen molar-refractivity contribution < 1.29 is 18.7 Å². The first-order valence-electron chi connectivity index (χ1n) is 7.49. The zero-order valence-corrected chi connectivity index (χ0v) is 12.9. The van der Waals surface area contributed by atoms with Gasteiger partial charge < -0.3 is 14.4 Å². The summed E-state index contributed by atoms with van der Waals surface area (Å²) in [5.41, 5.74) is 0.786. The van der Waals surface area contributed by atoms with Gasteiger partial charge in [0.2, 0.25) is 5.91 Å². The van der Waals surface area contributed by atoms with E-state index in [1.54, 1.807) is 24.1 Å². The van der Waals surface area contributed by atoms with Gasteiger partial charge in [-0.15, -0.1) is 0 Å². The van der Waals surface area contributed by atoms with Crippen LogP contribution in [0.3, 0.4) is 0 Å². The molecule has 0 spiro atoms. The molecule has 1 aliphatic heterocycles. The van der Waals surface area contributed by atoms with Gasteiger partial charge in [-0.1, -0.05) is 24.3 Å². The van der Waals surface area contributed by atoms with Gasteiger partial charge in [-0.05, 0) is 29.8 Å². The molecular weight excluding hydrogens is 297 g/mol. The van der Waals surface area contributed by atoms with Crippen molar-refractivity contribution in [3.05, 3.63) is 59.9 Å². The van der Waals surface area contributed by atoms with Gasteiger partial charge in [-0.25, -0.2) is 4.39 Å². The fraction of sp³-hybridized carbons (Fsp3) is 0.278. The molecule has 120 valence electrons. The van der Waals surface area contributed by atoms with Gasteiger partial charge >= 0.3 is 0 Å². The summed E-state index contributed by atoms with van der Waals surface area (Å²) < 4.78 is 24.4. The Morgan fingerprint density at radius 2 is 1.87 bits per heavy atom. The molecule has 23 heavy (non-hydrogen) atoms. The molecule has 0 N–H and O–H groups in total. The normalized spacial score (nSPS) is 16.0. The average molecular weight is 315 g/mol. The number of nitrogens with zero attached hydrogens (tertiary/aromatic N) is 1. The van der Waals surface area contributed by atoms with Crippen LogP contribution in [0.1, 0.15) is 5.56 Å². The Morgan fingerprint density at radius 1 is 1.17 bits per heavy atom. The summed E-state index contributed by atoms with van der Waals surface area (Å²) in [5, 5.41) is 0. The van der Waals surface area contributed by atoms with Crippen molar-refractivity contribution in [3.63, 3.8) is 0 Å². The number of carbonyl (C=O) groups excluding carboxylic acids is 1. The van der Waals surface area contributed by atoms with Gasteiger partial charge in [0.05, 0.1) is 13.0 Å². The van der Waals surface area contributed by atoms with Gasteiger partial charge in [0.15, 0.2) is 17.6 Å². The van der Waals surface area contributed by atoms with Crippen LogP contribution in [0.15, 0.2) is 48.5 Å². The van der Waals surface area contributed by atoms with E-state index in [1.807, 2.05) is 24.3 Å². The minimum absolute atomic E-state index is 0.0425. The number of carbonyl (C=O) groups is 1. The molecule has 3 rings (SSSR count). The Morgan fingerprint density at radius 3 is 2.61 bits per heavy atom. The number of fused-ring (bicyclic) bond motifs is 1. The molecule has 0 radical (unpaired) electrons. The molecule has 1 heterocycles. The van der Waals surface area contributed by atoms with Crippen LogP contribution >= 0.6 is 0 Å². The third-order valence-corrected chi connectivity index (χ3v) is 3.74. The third kappa shape index (κ3) is 3.80. The second kappa shape index (κ2) is 6.69. The molecule has 0 aliphatic carbocycles. The number of rotatable bonds is 4. The summed E-state index contributed by atoms with van der Waals surface area (Å²) in [6, 6.07) is 13.4. The number of hydrogen-bond acceptors (Lipinski definition) is 3. The van der Waals surface area contributed by atoms with E-state index in [9.17, 15) is 9.18 Å². The monoisotopic (exact) mass is 315 g/mol. The first kappa shape index (κ1) is 15.3. The summed E-state index contributed by atoms with van der Waals surface area (Å²) in [6.07, 6.45) is 0.0353. The highest BCUT2D eigenvalue weighted by Crippen LogP contribution is 2.30. The fourth-order valence-electron chi connectivity index (χ4n) is 2.47. The Kier molecular flexibility index (Phi) is 4.46. The van der Waals surface area contributed by atoms with E-state index >= 15 is 0 Å². The van der Waals surface area contributed by atoms with Gasteiger partial charge in [0.1, 0.15) is 12.4 Å². The van der Waals surface area contributed by atoms with Crippen molar-refractivity contribution in [1.82, 2.24) is 4.90 Å². The van der Waals surface area contributed by atoms with Gasteiger partial charge in [0, 0.05) is 7.05 Å². The molecule has 5 heteroatoms. The van der Waals surface area contributed by atoms with Crippen molar-refractivity contribution in [2.24, 2.45) is 0 Å². The molecule has 0 saturated carbocycles. The molecule has 1 amide bonds. The van der Waals surface area contributed by atoms with Crippen molar-refractivity contribution in [1.29, 1.82) is 0 Å². The summed E-state index contributed by atoms with van der Waals surface area (Å²) in [4.78, 5) is 13.9. The molecule has 4 nitrogen and oxygen atoms in total. The predicted molar refractivity (Wildman–Crippen MR) is 84.1 cm³/mol. The Balaban J connectivity index is 1.56. The predicted octanol–water partition coefficient (Wildman–Crippen LogP) is 2.67. The molecule has 0 fully saturated rings. The Hall–Kier alpha value is -2.56. The average Bonchev–Trinajstić information content (AvgIpc) is 2.56. The minimum atomic E-state index is -0.305. The smallest absolute Gasteiger partial charge is 0.226 e. The first-order chi connectivity index (χ1) is 11.1. The number of likely N-dealkylation sites (N-methyl/N-ethyl adjacent to an activating group) is 1. The summed E-state index contributed by atoms with van der Waals surface area (Å²) >= 11 is 0. The van der Waals surface area contributed by atoms with E-state index in [-0.39, 0.29) is 24.2 Å². The minimum Gasteiger partial charge on any atom is -0.486 e. The molecule has 2 aromatic rings. The maximum atomic E-state index is 12.9. The zero-order valence-electron chi connectivity index (χ0n) is 12.9. The molecule has 1 aliphatic rings. The third-order valence-electron chi connectivity index (χ3n) is 3.74. The SMILES string of the molecule is CN(CC1COc2ccccc2O1)C(=O)Cc1ccc(F)cc1. The lowest BCUT2D eigenvalue weighted by molar-refractivity contribution is -0.130. The van der Waals surface area contributed by atoms with E-state index in [0.29, 0.717) is 18.9 Å². The first-order valence-corrected chi connectivity index (χ1v) is 7.49. The molecule has 1 atom stereocenters. The number of hydrogen-bond donors (Lipinski definition) is 0. The fourth-order valence-corrected chi connectivity index (χ4v) is 2.47. The van der Waals surface area contributed by atoms with Crippen LogP contribution in [-0.2, 0) is 11.2 Å². The van der Waals surface area contributed by atoms with Crippen LogP contribution < -0.4 is 9.47 Å². The number of amides is 1. The van der Waals surface area contributed by atoms with E-state index in [4.69, 9.17) is 9.47 Å². The second-order valence-corrected chi connectivity index (χ2v) is 5.58. The summed E-state index contributed by atoms with van der Waals surface area (Å²) in [5.74, 6) is 1.08. The van der Waals surface area contributed by atoms with Crippen LogP contribution in [0.25, 0.3) is 0 Å². The lowest BCUT2D eigenvalue weighted by Crippen LogP contribution is -2.42. The van der Waals surface area contributed by atoms with Crippen molar-refractivity contribution in [2.75, 3.05) is 20.2 Å². The van der Waals surface area contributed by atoms with Crippen LogP contribution in [0, 0.1) is 5.82 Å². The topological polar surface area (TPSA) is 38.8 Å². The molecule has 0 aromatic heterocycles. The molecule has 2 aromatic carbocycles. The lowest BCUT2D eigenvalue weighted by atomic mass is 10.1. The van der Waals surface area contributed by atoms with Crippen LogP contribution in [0.5, 0.6) is 11.5 Å². The molecule has 0 bridgehead atoms. The lowest BCUT2D eigenvalue weighted by Gasteiger charge is -2.29. The highest BCUT2D eigenvalue weighted by molar-refractivity contribution is 5.78. The van der Waals surface area contributed by atoms with Crippen molar-refractivity contribution in [3.8, 4) is 11.5 Å². The second-order valence-electron chi connectivity index (χ2n) is 5.58. The maximum Gasteiger partial charge on any atom is 0.226 e. The van der Waals surface area contributed by atoms with E-state index in [1.165, 1.54) is 12.1 Å². The number of ether oxygens (including phenoxy) is 2. The van der Waals surface area contributed by atoms with Crippen LogP contribution in [0.4, 0.5) is 4.39 Å². The van der Waals surface area contributed by atoms with E-state index in [0.717, 1.165) is 11.3 Å². The van der Waals surface area contributed by atoms with Gasteiger partial charge in [-0.2, -0.15) is 0 Å². The summed E-state index contributed by atoms with van der Waals surface area (Å²) in [7, 11) is 1.73. The standard InChI is InChI=1S/C18H18FNO3/c1-20(18(21)10-13-6-8-14(19)9-7-13)11-15-12-22-16-4-2-3-5-17(16)23-15/h2-9,15H,10-12H2,1H3. The largest absolute Gasteiger partial charge is 0.486 e. The highest BCUT2D eigenvalue weighted by Gasteiger charge is 2.23. The van der Waals surface area contributed by atoms with Crippen molar-refractivity contribution in [2.45, 2.75) is 12.5 Å². The van der Waals surface area contributed by atoms with Gasteiger partial charge in [-0.3, -0.25) is 4.79 Å². The Bertz CT molecular complexity index is 687. The van der Waals surface area contributed by atoms with Crippen LogP contribution in [0.2, 0.25) is 0 Å². The Labute approximate surface area is 134 Å². The van der Waals surface area contributed by atoms with Crippen molar-refractivity contribution >= 4 is 5.91 Å². The quantitative estimate of drug-likeness (QED) is 0.871. The maximum absolute atomic E-state index is 12.9. The van der Waals surface area contributed by atoms with Gasteiger partial charge in [0.25, 0.3) is 0 Å². The zero-order chi connectivity index (χ0) is 16.2. The number of halogens is 1. The van der Waals surface area contributed by atoms with E-state index < -0.39 is 0 Å². The van der Waals surface area contributed by atoms with Crippen LogP contribution in [-0.4, -0.2) is 37.1 Å². The van der Waals surface area contributed by atoms with E-state index in [2.05, 4.69) is 0 Å². The summed E-state index contributed by atoms with van der Waals surface area (Å²) in [6.45, 7) is 0.847. The molecule has 0 saturated heterocycles. The highest BCUT2D eigenvalue weighted by atomic mass is 19.1. The number of para-hydroxylation sites is 2. The molecule has 1 unspecified atom stereocenters. The molecular formula is C18H18FNO3.